The lowest BCUT2D eigenvalue weighted by Crippen LogP contribution is -2.26. The molecule has 44 heavy (non-hydrogen) atoms. The number of ether oxygens (including phenoxy) is 1. The molecular formula is C38H45FN2O2S. The number of allylic oxidation sites excluding steroid dienone is 1. The van der Waals surface area contributed by atoms with Crippen LogP contribution in [0.25, 0.3) is 16.8 Å². The van der Waals surface area contributed by atoms with Crippen molar-refractivity contribution in [1.29, 1.82) is 0 Å². The molecule has 1 saturated heterocycles. The lowest BCUT2D eigenvalue weighted by atomic mass is 9.86. The molecule has 3 aliphatic rings. The Kier molecular flexibility index (Phi) is 10.5. The Balaban J connectivity index is 0.00000188. The van der Waals surface area contributed by atoms with E-state index >= 15 is 0 Å². The van der Waals surface area contributed by atoms with Gasteiger partial charge in [-0.3, -0.25) is 9.29 Å². The van der Waals surface area contributed by atoms with E-state index in [4.69, 9.17) is 4.74 Å². The van der Waals surface area contributed by atoms with Crippen molar-refractivity contribution in [2.45, 2.75) is 59.0 Å². The summed E-state index contributed by atoms with van der Waals surface area (Å²) in [5, 5.41) is 14.3. The van der Waals surface area contributed by atoms with Crippen molar-refractivity contribution in [2.75, 3.05) is 33.4 Å². The lowest BCUT2D eigenvalue weighted by molar-refractivity contribution is 0.198. The van der Waals surface area contributed by atoms with Gasteiger partial charge in [-0.25, -0.2) is 0 Å². The molecule has 3 aromatic rings. The van der Waals surface area contributed by atoms with E-state index < -0.39 is 0 Å². The zero-order chi connectivity index (χ0) is 31.2. The molecule has 0 saturated carbocycles. The van der Waals surface area contributed by atoms with E-state index in [1.165, 1.54) is 33.5 Å². The normalized spacial score (nSPS) is 18.5. The molecular weight excluding hydrogens is 567 g/mol. The summed E-state index contributed by atoms with van der Waals surface area (Å²) < 4.78 is 19.0. The first-order chi connectivity index (χ1) is 21.4. The highest BCUT2D eigenvalue weighted by Crippen LogP contribution is 2.44. The zero-order valence-corrected chi connectivity index (χ0v) is 27.4. The minimum atomic E-state index is -0.268. The van der Waals surface area contributed by atoms with Gasteiger partial charge in [0, 0.05) is 37.7 Å². The summed E-state index contributed by atoms with van der Waals surface area (Å²) in [4.78, 5) is 4.44. The van der Waals surface area contributed by atoms with Gasteiger partial charge in [0.2, 0.25) is 0 Å². The van der Waals surface area contributed by atoms with Crippen LogP contribution in [0.1, 0.15) is 72.9 Å². The molecule has 0 aromatic heterocycles. The van der Waals surface area contributed by atoms with E-state index in [1.54, 1.807) is 11.8 Å². The number of nitrogens with zero attached hydrogens (tertiary/aromatic N) is 2. The van der Waals surface area contributed by atoms with E-state index in [9.17, 15) is 9.50 Å². The molecule has 6 rings (SSSR count). The molecule has 1 N–H and O–H groups in total. The number of phenolic OH excluding ortho intramolecular Hbond substituents is 1. The van der Waals surface area contributed by atoms with Crippen molar-refractivity contribution >= 4 is 28.6 Å². The molecule has 4 nitrogen and oxygen atoms in total. The second-order valence-electron chi connectivity index (χ2n) is 11.6. The summed E-state index contributed by atoms with van der Waals surface area (Å²) in [5.74, 6) is 1.18. The smallest absolute Gasteiger partial charge is 0.123 e. The molecule has 1 aliphatic carbocycles. The van der Waals surface area contributed by atoms with Crippen LogP contribution in [0.5, 0.6) is 11.5 Å². The average molecular weight is 613 g/mol. The molecule has 2 aliphatic heterocycles. The van der Waals surface area contributed by atoms with Gasteiger partial charge < -0.3 is 14.7 Å². The van der Waals surface area contributed by atoms with Crippen LogP contribution < -0.4 is 4.74 Å². The molecule has 6 heteroatoms. The van der Waals surface area contributed by atoms with Gasteiger partial charge >= 0.3 is 0 Å². The Morgan fingerprint density at radius 3 is 2.45 bits per heavy atom. The second kappa shape index (κ2) is 14.5. The van der Waals surface area contributed by atoms with E-state index in [2.05, 4.69) is 83.4 Å². The van der Waals surface area contributed by atoms with Crippen LogP contribution in [0.3, 0.4) is 0 Å². The fourth-order valence-corrected chi connectivity index (χ4v) is 7.19. The van der Waals surface area contributed by atoms with Crippen LogP contribution in [0.2, 0.25) is 0 Å². The fraction of sp³-hybridized carbons (Fsp3) is 0.368. The minimum Gasteiger partial charge on any atom is -0.507 e. The third-order valence-corrected chi connectivity index (χ3v) is 9.54. The van der Waals surface area contributed by atoms with E-state index in [0.717, 1.165) is 72.8 Å². The molecule has 1 fully saturated rings. The Bertz CT molecular complexity index is 1540. The molecule has 3 aromatic carbocycles. The number of aromatic hydroxyl groups is 1. The number of hydrogen-bond acceptors (Lipinski definition) is 5. The maximum Gasteiger partial charge on any atom is 0.123 e. The summed E-state index contributed by atoms with van der Waals surface area (Å²) in [7, 11) is 2.07. The number of phenols is 1. The van der Waals surface area contributed by atoms with Crippen molar-refractivity contribution in [3.8, 4) is 11.5 Å². The maximum absolute atomic E-state index is 12.6. The number of thioether (sulfide) groups is 1. The maximum atomic E-state index is 12.6. The van der Waals surface area contributed by atoms with Crippen LogP contribution in [0.15, 0.2) is 77.7 Å². The van der Waals surface area contributed by atoms with E-state index in [0.29, 0.717) is 12.2 Å². The Labute approximate surface area is 266 Å². The topological polar surface area (TPSA) is 35.9 Å². The zero-order valence-electron chi connectivity index (χ0n) is 26.5. The Morgan fingerprint density at radius 1 is 1.00 bits per heavy atom. The summed E-state index contributed by atoms with van der Waals surface area (Å²) in [5.41, 5.74) is 10.3. The largest absolute Gasteiger partial charge is 0.507 e. The molecule has 1 atom stereocenters. The van der Waals surface area contributed by atoms with Gasteiger partial charge in [-0.05, 0) is 102 Å². The van der Waals surface area contributed by atoms with Crippen LogP contribution in [0.4, 0.5) is 4.39 Å². The van der Waals surface area contributed by atoms with Crippen molar-refractivity contribution in [3.63, 3.8) is 0 Å². The average Bonchev–Trinajstić information content (AvgIpc) is 3.56. The minimum absolute atomic E-state index is 0.129. The Hall–Kier alpha value is -3.48. The SMILES string of the molecule is C=C1SC=C(c2ccc3c(c2)CCCC(c2ccc(C)cc2O)=C3c2ccc(OC3CCN(CCCF)C3)cc2)N1C.CC. The number of hydrogen-bond donors (Lipinski definition) is 1. The first kappa shape index (κ1) is 31.9. The molecule has 232 valence electrons. The van der Waals surface area contributed by atoms with Gasteiger partial charge in [-0.1, -0.05) is 68.6 Å². The first-order valence-corrected chi connectivity index (χ1v) is 16.8. The fourth-order valence-electron chi connectivity index (χ4n) is 6.39. The molecule has 0 spiro atoms. The summed E-state index contributed by atoms with van der Waals surface area (Å²) in [6.07, 6.45) is 4.52. The molecule has 0 bridgehead atoms. The number of rotatable bonds is 8. The number of fused-ring (bicyclic) bond motifs is 1. The van der Waals surface area contributed by atoms with E-state index in [1.807, 2.05) is 26.8 Å². The van der Waals surface area contributed by atoms with Gasteiger partial charge in [0.15, 0.2) is 0 Å². The number of aryl methyl sites for hydroxylation is 2. The van der Waals surface area contributed by atoms with Crippen LogP contribution in [-0.4, -0.2) is 54.4 Å². The third kappa shape index (κ3) is 6.92. The molecule has 2 heterocycles. The summed E-state index contributed by atoms with van der Waals surface area (Å²) in [6.45, 7) is 12.5. The van der Waals surface area contributed by atoms with Crippen LogP contribution >= 0.6 is 11.8 Å². The summed E-state index contributed by atoms with van der Waals surface area (Å²) in [6, 6.07) is 21.3. The quantitative estimate of drug-likeness (QED) is 0.274. The summed E-state index contributed by atoms with van der Waals surface area (Å²) >= 11 is 1.67. The third-order valence-electron chi connectivity index (χ3n) is 8.65. The van der Waals surface area contributed by atoms with Crippen molar-refractivity contribution in [2.24, 2.45) is 0 Å². The Morgan fingerprint density at radius 2 is 1.75 bits per heavy atom. The number of alkyl halides is 1. The lowest BCUT2D eigenvalue weighted by Gasteiger charge is -2.21. The monoisotopic (exact) mass is 612 g/mol. The van der Waals surface area contributed by atoms with Gasteiger partial charge in [-0.2, -0.15) is 0 Å². The van der Waals surface area contributed by atoms with Gasteiger partial charge in [0.05, 0.1) is 17.4 Å². The predicted molar refractivity (Wildman–Crippen MR) is 184 cm³/mol. The highest BCUT2D eigenvalue weighted by Gasteiger charge is 2.26. The van der Waals surface area contributed by atoms with Crippen LogP contribution in [-0.2, 0) is 6.42 Å². The molecule has 0 amide bonds. The van der Waals surface area contributed by atoms with E-state index in [-0.39, 0.29) is 12.8 Å². The highest BCUT2D eigenvalue weighted by molar-refractivity contribution is 8.06. The molecule has 1 unspecified atom stereocenters. The van der Waals surface area contributed by atoms with Gasteiger partial charge in [-0.15, -0.1) is 0 Å². The van der Waals surface area contributed by atoms with Crippen molar-refractivity contribution in [1.82, 2.24) is 9.80 Å². The molecule has 0 radical (unpaired) electrons. The standard InChI is InChI=1S/C36H39FN2O2S.C2H6/c1-24-8-14-32(35(40)20-24)33-7-4-6-27-21-28(34-23-42-25(2)38(34)3)11-15-31(27)36(33)26-9-12-29(13-10-26)41-30-16-19-39(22-30)18-5-17-37;1-2/h8-15,20-21,23,30,40H,2,4-7,16-19,22H2,1,3H3;1-2H3. The van der Waals surface area contributed by atoms with Crippen molar-refractivity contribution < 1.29 is 14.2 Å². The second-order valence-corrected chi connectivity index (χ2v) is 12.5. The van der Waals surface area contributed by atoms with Gasteiger partial charge in [0.25, 0.3) is 0 Å². The predicted octanol–water partition coefficient (Wildman–Crippen LogP) is 9.28. The van der Waals surface area contributed by atoms with Crippen LogP contribution in [0, 0.1) is 6.92 Å². The number of halogens is 1. The number of likely N-dealkylation sites (tertiary alicyclic amines) is 1. The highest BCUT2D eigenvalue weighted by atomic mass is 32.2. The first-order valence-electron chi connectivity index (χ1n) is 15.9. The number of benzene rings is 3. The van der Waals surface area contributed by atoms with Crippen molar-refractivity contribution in [3.05, 3.63) is 111 Å². The van der Waals surface area contributed by atoms with Gasteiger partial charge in [0.1, 0.15) is 17.6 Å².